The predicted molar refractivity (Wildman–Crippen MR) is 64.6 cm³/mol. The zero-order chi connectivity index (χ0) is 15.5. The summed E-state index contributed by atoms with van der Waals surface area (Å²) in [6.07, 6.45) is -2.21. The second kappa shape index (κ2) is 6.65. The average Bonchev–Trinajstić information content (AvgIpc) is 2.82. The Hall–Kier alpha value is -1.28. The van der Waals surface area contributed by atoms with Gasteiger partial charge in [-0.25, -0.2) is 0 Å². The van der Waals surface area contributed by atoms with Crippen LogP contribution in [0.5, 0.6) is 0 Å². The van der Waals surface area contributed by atoms with Crippen molar-refractivity contribution in [2.75, 3.05) is 0 Å². The molecule has 21 heavy (non-hydrogen) atoms. The molecule has 3 nitrogen and oxygen atoms in total. The van der Waals surface area contributed by atoms with E-state index in [0.717, 1.165) is 18.7 Å². The number of hydrogen-bond donors (Lipinski definition) is 1. The molecule has 0 aliphatic heterocycles. The molecule has 0 radical (unpaired) electrons. The summed E-state index contributed by atoms with van der Waals surface area (Å²) >= 11 is 0. The molecule has 0 saturated heterocycles. The van der Waals surface area contributed by atoms with Crippen LogP contribution in [0.25, 0.3) is 0 Å². The molecule has 1 saturated carbocycles. The maximum atomic E-state index is 12.4. The lowest BCUT2D eigenvalue weighted by atomic mass is 10.2. The highest BCUT2D eigenvalue weighted by Gasteiger charge is 2.31. The van der Waals surface area contributed by atoms with Crippen LogP contribution in [-0.2, 0) is 17.5 Å². The van der Waals surface area contributed by atoms with E-state index >= 15 is 0 Å². The molecular formula is C13H15F5N2O. The summed E-state index contributed by atoms with van der Waals surface area (Å²) < 4.78 is 66.1. The van der Waals surface area contributed by atoms with Gasteiger partial charge in [0.05, 0.1) is 17.4 Å². The zero-order valence-corrected chi connectivity index (χ0v) is 11.0. The summed E-state index contributed by atoms with van der Waals surface area (Å²) in [7, 11) is 0. The highest BCUT2D eigenvalue weighted by atomic mass is 19.4. The first-order valence-electron chi connectivity index (χ1n) is 6.55. The first-order valence-corrected chi connectivity index (χ1v) is 6.55. The molecule has 0 spiro atoms. The Morgan fingerprint density at radius 3 is 2.62 bits per heavy atom. The van der Waals surface area contributed by atoms with Crippen LogP contribution in [0, 0.1) is 0 Å². The molecule has 1 aromatic heterocycles. The first kappa shape index (κ1) is 16.1. The largest absolute Gasteiger partial charge is 0.417 e. The van der Waals surface area contributed by atoms with Crippen LogP contribution in [0.15, 0.2) is 18.3 Å². The highest BCUT2D eigenvalue weighted by molar-refractivity contribution is 5.16. The SMILES string of the molecule is FC(F)OC1CCCC1NCc1ccc(C(F)(F)F)cn1. The van der Waals surface area contributed by atoms with Crippen LogP contribution in [0.4, 0.5) is 22.0 Å². The van der Waals surface area contributed by atoms with Crippen LogP contribution >= 0.6 is 0 Å². The van der Waals surface area contributed by atoms with E-state index in [1.54, 1.807) is 0 Å². The van der Waals surface area contributed by atoms with Gasteiger partial charge in [0.2, 0.25) is 0 Å². The number of alkyl halides is 5. The summed E-state index contributed by atoms with van der Waals surface area (Å²) in [5.74, 6) is 0. The van der Waals surface area contributed by atoms with E-state index in [9.17, 15) is 22.0 Å². The lowest BCUT2D eigenvalue weighted by molar-refractivity contribution is -0.165. The smallest absolute Gasteiger partial charge is 0.318 e. The van der Waals surface area contributed by atoms with Gasteiger partial charge in [0, 0.05) is 18.8 Å². The van der Waals surface area contributed by atoms with Crippen molar-refractivity contribution in [1.82, 2.24) is 10.3 Å². The topological polar surface area (TPSA) is 34.1 Å². The number of pyridine rings is 1. The standard InChI is InChI=1S/C13H15F5N2O/c14-12(15)21-11-3-1-2-10(11)20-7-9-5-4-8(6-19-9)13(16,17)18/h4-6,10-12,20H,1-3,7H2. The van der Waals surface area contributed by atoms with Gasteiger partial charge in [0.25, 0.3) is 0 Å². The van der Waals surface area contributed by atoms with Crippen molar-refractivity contribution in [2.45, 2.75) is 50.7 Å². The molecule has 1 N–H and O–H groups in total. The molecule has 118 valence electrons. The number of nitrogens with zero attached hydrogens (tertiary/aromatic N) is 1. The predicted octanol–water partition coefficient (Wildman–Crippen LogP) is 3.35. The van der Waals surface area contributed by atoms with E-state index in [-0.39, 0.29) is 12.6 Å². The minimum atomic E-state index is -4.42. The van der Waals surface area contributed by atoms with Crippen LogP contribution < -0.4 is 5.32 Å². The van der Waals surface area contributed by atoms with Gasteiger partial charge in [-0.2, -0.15) is 22.0 Å². The maximum Gasteiger partial charge on any atom is 0.417 e. The minimum absolute atomic E-state index is 0.214. The van der Waals surface area contributed by atoms with E-state index in [1.807, 2.05) is 0 Å². The van der Waals surface area contributed by atoms with Crippen molar-refractivity contribution in [3.05, 3.63) is 29.6 Å². The van der Waals surface area contributed by atoms with Gasteiger partial charge in [0.1, 0.15) is 0 Å². The quantitative estimate of drug-likeness (QED) is 0.847. The Labute approximate surface area is 118 Å². The molecule has 1 aliphatic rings. The molecule has 8 heteroatoms. The van der Waals surface area contributed by atoms with Gasteiger partial charge >= 0.3 is 12.8 Å². The van der Waals surface area contributed by atoms with Crippen molar-refractivity contribution >= 4 is 0 Å². The molecule has 1 aromatic rings. The van der Waals surface area contributed by atoms with Crippen LogP contribution in [0.2, 0.25) is 0 Å². The summed E-state index contributed by atoms with van der Waals surface area (Å²) in [6.45, 7) is -2.60. The monoisotopic (exact) mass is 310 g/mol. The molecule has 1 aliphatic carbocycles. The van der Waals surface area contributed by atoms with Gasteiger partial charge in [0.15, 0.2) is 0 Å². The fraction of sp³-hybridized carbons (Fsp3) is 0.615. The zero-order valence-electron chi connectivity index (χ0n) is 11.0. The second-order valence-corrected chi connectivity index (χ2v) is 4.89. The molecule has 2 unspecified atom stereocenters. The lowest BCUT2D eigenvalue weighted by Gasteiger charge is -2.20. The maximum absolute atomic E-state index is 12.4. The number of ether oxygens (including phenoxy) is 1. The third-order valence-corrected chi connectivity index (χ3v) is 3.43. The first-order chi connectivity index (χ1) is 9.86. The number of aromatic nitrogens is 1. The van der Waals surface area contributed by atoms with Crippen LogP contribution in [0.3, 0.4) is 0 Å². The Kier molecular flexibility index (Phi) is 5.10. The van der Waals surface area contributed by atoms with Gasteiger partial charge in [-0.3, -0.25) is 4.98 Å². The van der Waals surface area contributed by atoms with Crippen LogP contribution in [-0.4, -0.2) is 23.7 Å². The molecule has 1 fully saturated rings. The van der Waals surface area contributed by atoms with Gasteiger partial charge < -0.3 is 10.1 Å². The number of rotatable bonds is 5. The van der Waals surface area contributed by atoms with E-state index < -0.39 is 24.5 Å². The third kappa shape index (κ3) is 4.60. The molecule has 2 atom stereocenters. The lowest BCUT2D eigenvalue weighted by Crippen LogP contribution is -2.37. The minimum Gasteiger partial charge on any atom is -0.318 e. The van der Waals surface area contributed by atoms with Gasteiger partial charge in [-0.1, -0.05) is 0 Å². The average molecular weight is 310 g/mol. The summed E-state index contributed by atoms with van der Waals surface area (Å²) in [5.41, 5.74) is -0.392. The highest BCUT2D eigenvalue weighted by Crippen LogP contribution is 2.28. The molecule has 1 heterocycles. The fourth-order valence-corrected chi connectivity index (χ4v) is 2.39. The van der Waals surface area contributed by atoms with E-state index in [4.69, 9.17) is 0 Å². The number of nitrogens with one attached hydrogen (secondary N) is 1. The second-order valence-electron chi connectivity index (χ2n) is 4.89. The normalized spacial score (nSPS) is 23.0. The van der Waals surface area contributed by atoms with Gasteiger partial charge in [-0.05, 0) is 31.4 Å². The van der Waals surface area contributed by atoms with Crippen molar-refractivity contribution in [2.24, 2.45) is 0 Å². The molecular weight excluding hydrogens is 295 g/mol. The van der Waals surface area contributed by atoms with E-state index in [0.29, 0.717) is 18.5 Å². The van der Waals surface area contributed by atoms with Crippen LogP contribution in [0.1, 0.15) is 30.5 Å². The Morgan fingerprint density at radius 1 is 1.29 bits per heavy atom. The Balaban J connectivity index is 1.88. The fourth-order valence-electron chi connectivity index (χ4n) is 2.39. The molecule has 0 amide bonds. The Bertz CT molecular complexity index is 449. The molecule has 2 rings (SSSR count). The summed E-state index contributed by atoms with van der Waals surface area (Å²) in [6, 6.07) is 1.99. The number of halogens is 5. The van der Waals surface area contributed by atoms with Crippen molar-refractivity contribution in [1.29, 1.82) is 0 Å². The number of hydrogen-bond acceptors (Lipinski definition) is 3. The van der Waals surface area contributed by atoms with E-state index in [1.165, 1.54) is 6.07 Å². The van der Waals surface area contributed by atoms with Crippen molar-refractivity contribution in [3.8, 4) is 0 Å². The molecule has 0 aromatic carbocycles. The Morgan fingerprint density at radius 2 is 2.05 bits per heavy atom. The van der Waals surface area contributed by atoms with Gasteiger partial charge in [-0.15, -0.1) is 0 Å². The molecule has 0 bridgehead atoms. The summed E-state index contributed by atoms with van der Waals surface area (Å²) in [4.78, 5) is 3.72. The van der Waals surface area contributed by atoms with Crippen molar-refractivity contribution < 1.29 is 26.7 Å². The van der Waals surface area contributed by atoms with E-state index in [2.05, 4.69) is 15.0 Å². The summed E-state index contributed by atoms with van der Waals surface area (Å²) in [5, 5.41) is 3.01. The third-order valence-electron chi connectivity index (χ3n) is 3.43. The van der Waals surface area contributed by atoms with Crippen molar-refractivity contribution in [3.63, 3.8) is 0 Å².